The maximum absolute atomic E-state index is 11.5. The summed E-state index contributed by atoms with van der Waals surface area (Å²) in [6.07, 6.45) is 2.20. The van der Waals surface area contributed by atoms with Crippen LogP contribution in [0.2, 0.25) is 0 Å². The van der Waals surface area contributed by atoms with Gasteiger partial charge in [-0.25, -0.2) is 4.79 Å². The molecule has 2 aliphatic heterocycles. The molecule has 0 aliphatic carbocycles. The number of aliphatic hydroxyl groups is 1. The van der Waals surface area contributed by atoms with Crippen molar-refractivity contribution in [2.24, 2.45) is 0 Å². The molecule has 86 valence electrons. The van der Waals surface area contributed by atoms with Crippen LogP contribution in [0.5, 0.6) is 0 Å². The summed E-state index contributed by atoms with van der Waals surface area (Å²) in [6, 6.07) is -0.0545. The highest BCUT2D eigenvalue weighted by molar-refractivity contribution is 5.74. The quantitative estimate of drug-likeness (QED) is 0.677. The zero-order valence-corrected chi connectivity index (χ0v) is 8.87. The maximum atomic E-state index is 11.5. The Balaban J connectivity index is 1.91. The number of hydrogen-bond acceptors (Lipinski definition) is 3. The first kappa shape index (κ1) is 10.7. The van der Waals surface area contributed by atoms with Gasteiger partial charge in [0, 0.05) is 39.1 Å². The second-order valence-corrected chi connectivity index (χ2v) is 4.34. The van der Waals surface area contributed by atoms with Gasteiger partial charge in [-0.3, -0.25) is 0 Å². The van der Waals surface area contributed by atoms with Crippen molar-refractivity contribution in [3.05, 3.63) is 0 Å². The Bertz CT molecular complexity index is 239. The Hall–Kier alpha value is -0.810. The van der Waals surface area contributed by atoms with Crippen molar-refractivity contribution >= 4 is 6.03 Å². The lowest BCUT2D eigenvalue weighted by atomic mass is 9.93. The van der Waals surface area contributed by atoms with Gasteiger partial charge < -0.3 is 20.1 Å². The van der Waals surface area contributed by atoms with E-state index < -0.39 is 5.60 Å². The Kier molecular flexibility index (Phi) is 3.11. The minimum Gasteiger partial charge on any atom is -0.388 e. The summed E-state index contributed by atoms with van der Waals surface area (Å²) >= 11 is 0. The van der Waals surface area contributed by atoms with Crippen molar-refractivity contribution < 1.29 is 14.6 Å². The molecule has 0 atom stereocenters. The van der Waals surface area contributed by atoms with Gasteiger partial charge in [0.2, 0.25) is 0 Å². The van der Waals surface area contributed by atoms with Crippen molar-refractivity contribution in [2.45, 2.75) is 24.9 Å². The first-order valence-electron chi connectivity index (χ1n) is 5.53. The molecule has 5 heteroatoms. The van der Waals surface area contributed by atoms with Crippen LogP contribution in [0.15, 0.2) is 0 Å². The zero-order chi connectivity index (χ0) is 10.7. The first-order chi connectivity index (χ1) is 7.20. The number of carbonyl (C=O) groups is 1. The third-order valence-electron chi connectivity index (χ3n) is 3.08. The second kappa shape index (κ2) is 4.37. The van der Waals surface area contributed by atoms with Gasteiger partial charge in [0.05, 0.1) is 12.1 Å². The molecule has 0 bridgehead atoms. The summed E-state index contributed by atoms with van der Waals surface area (Å²) in [5.74, 6) is 0. The topological polar surface area (TPSA) is 61.8 Å². The molecule has 0 aromatic carbocycles. The van der Waals surface area contributed by atoms with Gasteiger partial charge in [-0.05, 0) is 6.42 Å². The minimum absolute atomic E-state index is 0.0545. The molecular formula is C10H18N2O3. The summed E-state index contributed by atoms with van der Waals surface area (Å²) in [7, 11) is 0. The molecule has 2 saturated heterocycles. The van der Waals surface area contributed by atoms with Crippen LogP contribution in [0, 0.1) is 0 Å². The van der Waals surface area contributed by atoms with E-state index >= 15 is 0 Å². The summed E-state index contributed by atoms with van der Waals surface area (Å²) < 4.78 is 5.20. The number of nitrogens with one attached hydrogen (secondary N) is 1. The third kappa shape index (κ3) is 2.60. The Morgan fingerprint density at radius 3 is 2.87 bits per heavy atom. The van der Waals surface area contributed by atoms with E-state index in [1.54, 1.807) is 4.90 Å². The van der Waals surface area contributed by atoms with E-state index in [0.717, 1.165) is 19.5 Å². The summed E-state index contributed by atoms with van der Waals surface area (Å²) in [4.78, 5) is 13.2. The fourth-order valence-electron chi connectivity index (χ4n) is 2.09. The lowest BCUT2D eigenvalue weighted by Crippen LogP contribution is -2.54. The van der Waals surface area contributed by atoms with E-state index in [1.807, 2.05) is 0 Å². The zero-order valence-electron chi connectivity index (χ0n) is 8.87. The molecule has 2 rings (SSSR count). The molecule has 2 N–H and O–H groups in total. The van der Waals surface area contributed by atoms with Crippen LogP contribution in [0.3, 0.4) is 0 Å². The Labute approximate surface area is 89.4 Å². The third-order valence-corrected chi connectivity index (χ3v) is 3.08. The minimum atomic E-state index is -0.743. The molecule has 0 saturated carbocycles. The van der Waals surface area contributed by atoms with E-state index in [4.69, 9.17) is 4.74 Å². The molecule has 0 aromatic heterocycles. The predicted molar refractivity (Wildman–Crippen MR) is 54.6 cm³/mol. The lowest BCUT2D eigenvalue weighted by molar-refractivity contribution is -0.0752. The smallest absolute Gasteiger partial charge is 0.317 e. The van der Waals surface area contributed by atoms with Crippen LogP contribution in [-0.4, -0.2) is 54.5 Å². The van der Waals surface area contributed by atoms with Crippen molar-refractivity contribution in [1.29, 1.82) is 0 Å². The molecule has 2 amide bonds. The highest BCUT2D eigenvalue weighted by Gasteiger charge is 2.34. The van der Waals surface area contributed by atoms with Gasteiger partial charge >= 0.3 is 6.03 Å². The number of ether oxygens (including phenoxy) is 1. The number of β-amino-alcohol motifs (C(OH)–C–C–N with tert-alkyl or cyclic N) is 1. The molecule has 0 aromatic rings. The van der Waals surface area contributed by atoms with Gasteiger partial charge in [0.25, 0.3) is 0 Å². The highest BCUT2D eigenvalue weighted by atomic mass is 16.5. The van der Waals surface area contributed by atoms with E-state index in [1.165, 1.54) is 0 Å². The summed E-state index contributed by atoms with van der Waals surface area (Å²) in [5, 5.41) is 13.0. The fourth-order valence-corrected chi connectivity index (χ4v) is 2.09. The standard InChI is InChI=1S/C10H18N2O3/c13-9-11-4-1-5-12(9)8-10(14)2-6-15-7-3-10/h14H,1-8H2,(H,11,13). The van der Waals surface area contributed by atoms with Crippen LogP contribution in [0.25, 0.3) is 0 Å². The summed E-state index contributed by atoms with van der Waals surface area (Å²) in [5.41, 5.74) is -0.743. The lowest BCUT2D eigenvalue weighted by Gasteiger charge is -2.38. The van der Waals surface area contributed by atoms with E-state index in [0.29, 0.717) is 32.6 Å². The normalized spacial score (nSPS) is 26.2. The van der Waals surface area contributed by atoms with Crippen molar-refractivity contribution in [3.8, 4) is 0 Å². The Morgan fingerprint density at radius 1 is 1.47 bits per heavy atom. The molecule has 0 spiro atoms. The van der Waals surface area contributed by atoms with Crippen LogP contribution in [0.1, 0.15) is 19.3 Å². The molecule has 2 heterocycles. The van der Waals surface area contributed by atoms with E-state index in [-0.39, 0.29) is 6.03 Å². The average molecular weight is 214 g/mol. The number of hydrogen-bond donors (Lipinski definition) is 2. The molecule has 2 fully saturated rings. The molecule has 5 nitrogen and oxygen atoms in total. The molecule has 2 aliphatic rings. The summed E-state index contributed by atoms with van der Waals surface area (Å²) in [6.45, 7) is 3.10. The SMILES string of the molecule is O=C1NCCCN1CC1(O)CCOCC1. The van der Waals surface area contributed by atoms with E-state index in [9.17, 15) is 9.90 Å². The van der Waals surface area contributed by atoms with Gasteiger partial charge in [0.15, 0.2) is 0 Å². The van der Waals surface area contributed by atoms with Gasteiger partial charge in [0.1, 0.15) is 0 Å². The number of nitrogens with zero attached hydrogens (tertiary/aromatic N) is 1. The molecule has 0 radical (unpaired) electrons. The van der Waals surface area contributed by atoms with E-state index in [2.05, 4.69) is 5.32 Å². The predicted octanol–water partition coefficient (Wildman–Crippen LogP) is -0.0568. The van der Waals surface area contributed by atoms with Crippen LogP contribution in [0.4, 0.5) is 4.79 Å². The van der Waals surface area contributed by atoms with Crippen molar-refractivity contribution in [3.63, 3.8) is 0 Å². The largest absolute Gasteiger partial charge is 0.388 e. The molecule has 15 heavy (non-hydrogen) atoms. The van der Waals surface area contributed by atoms with Crippen LogP contribution in [-0.2, 0) is 4.74 Å². The van der Waals surface area contributed by atoms with Crippen LogP contribution >= 0.6 is 0 Å². The van der Waals surface area contributed by atoms with Gasteiger partial charge in [-0.1, -0.05) is 0 Å². The number of rotatable bonds is 2. The molecular weight excluding hydrogens is 196 g/mol. The number of carbonyl (C=O) groups excluding carboxylic acids is 1. The van der Waals surface area contributed by atoms with Gasteiger partial charge in [-0.15, -0.1) is 0 Å². The first-order valence-corrected chi connectivity index (χ1v) is 5.53. The fraction of sp³-hybridized carbons (Fsp3) is 0.900. The van der Waals surface area contributed by atoms with Gasteiger partial charge in [-0.2, -0.15) is 0 Å². The highest BCUT2D eigenvalue weighted by Crippen LogP contribution is 2.22. The maximum Gasteiger partial charge on any atom is 0.317 e. The van der Waals surface area contributed by atoms with Crippen LogP contribution < -0.4 is 5.32 Å². The Morgan fingerprint density at radius 2 is 2.20 bits per heavy atom. The van der Waals surface area contributed by atoms with Crippen molar-refractivity contribution in [2.75, 3.05) is 32.8 Å². The molecule has 0 unspecified atom stereocenters. The second-order valence-electron chi connectivity index (χ2n) is 4.34. The van der Waals surface area contributed by atoms with Crippen molar-refractivity contribution in [1.82, 2.24) is 10.2 Å². The monoisotopic (exact) mass is 214 g/mol. The number of amides is 2. The number of urea groups is 1. The average Bonchev–Trinajstić information content (AvgIpc) is 2.22.